The van der Waals surface area contributed by atoms with E-state index in [1.807, 2.05) is 31.2 Å². The Hall–Kier alpha value is -2.37. The van der Waals surface area contributed by atoms with Gasteiger partial charge in [-0.15, -0.1) is 0 Å². The van der Waals surface area contributed by atoms with Crippen LogP contribution in [0.4, 0.5) is 17.5 Å². The molecule has 3 rings (SSSR count). The summed E-state index contributed by atoms with van der Waals surface area (Å²) in [5, 5.41) is 7.40. The van der Waals surface area contributed by atoms with Crippen molar-refractivity contribution in [2.24, 2.45) is 0 Å². The van der Waals surface area contributed by atoms with Crippen LogP contribution in [0.25, 0.3) is 0 Å². The summed E-state index contributed by atoms with van der Waals surface area (Å²) in [5.74, 6) is 1.23. The Bertz CT molecular complexity index is 840. The van der Waals surface area contributed by atoms with Crippen LogP contribution < -0.4 is 10.6 Å². The molecule has 0 bridgehead atoms. The van der Waals surface area contributed by atoms with Gasteiger partial charge >= 0.3 is 0 Å². The Balaban J connectivity index is 1.74. The largest absolute Gasteiger partial charge is 0.366 e. The highest BCUT2D eigenvalue weighted by Crippen LogP contribution is 2.26. The molecule has 7 heteroatoms. The first-order chi connectivity index (χ1) is 11.6. The van der Waals surface area contributed by atoms with Crippen LogP contribution in [-0.2, 0) is 6.54 Å². The van der Waals surface area contributed by atoms with Gasteiger partial charge in [0.1, 0.15) is 5.82 Å². The highest BCUT2D eigenvalue weighted by atomic mass is 35.5. The number of pyridine rings is 1. The molecule has 0 spiro atoms. The molecule has 0 fully saturated rings. The van der Waals surface area contributed by atoms with Crippen molar-refractivity contribution in [1.29, 1.82) is 0 Å². The summed E-state index contributed by atoms with van der Waals surface area (Å²) in [6.07, 6.45) is 3.53. The van der Waals surface area contributed by atoms with Gasteiger partial charge in [0, 0.05) is 36.4 Å². The maximum atomic E-state index is 6.03. The number of nitrogens with one attached hydrogen (secondary N) is 2. The lowest BCUT2D eigenvalue weighted by atomic mass is 10.3. The monoisotopic (exact) mass is 359 g/mol. The minimum atomic E-state index is 0.477. The summed E-state index contributed by atoms with van der Waals surface area (Å²) in [6, 6.07) is 11.1. The molecule has 0 aliphatic carbocycles. The van der Waals surface area contributed by atoms with E-state index in [1.54, 1.807) is 24.5 Å². The first-order valence-electron chi connectivity index (χ1n) is 7.31. The summed E-state index contributed by atoms with van der Waals surface area (Å²) >= 11 is 12.0. The summed E-state index contributed by atoms with van der Waals surface area (Å²) in [6.45, 7) is 2.57. The fourth-order valence-electron chi connectivity index (χ4n) is 2.11. The van der Waals surface area contributed by atoms with E-state index in [0.29, 0.717) is 22.5 Å². The third-order valence-electron chi connectivity index (χ3n) is 3.25. The molecule has 122 valence electrons. The normalized spacial score (nSPS) is 10.5. The third-order valence-corrected chi connectivity index (χ3v) is 3.99. The molecule has 5 nitrogen and oxygen atoms in total. The number of rotatable bonds is 5. The second-order valence-electron chi connectivity index (χ2n) is 5.18. The van der Waals surface area contributed by atoms with Gasteiger partial charge in [-0.25, -0.2) is 4.98 Å². The van der Waals surface area contributed by atoms with Crippen LogP contribution >= 0.6 is 23.2 Å². The summed E-state index contributed by atoms with van der Waals surface area (Å²) in [7, 11) is 0. The molecule has 0 unspecified atom stereocenters. The molecule has 1 aromatic carbocycles. The predicted molar refractivity (Wildman–Crippen MR) is 98.1 cm³/mol. The number of hydrogen-bond donors (Lipinski definition) is 2. The van der Waals surface area contributed by atoms with E-state index in [2.05, 4.69) is 25.6 Å². The van der Waals surface area contributed by atoms with Crippen LogP contribution in [-0.4, -0.2) is 15.0 Å². The lowest BCUT2D eigenvalue weighted by Crippen LogP contribution is -2.05. The zero-order chi connectivity index (χ0) is 16.9. The molecule has 0 aliphatic heterocycles. The smallest absolute Gasteiger partial charge is 0.229 e. The Labute approximate surface area is 150 Å². The molecule has 0 amide bonds. The van der Waals surface area contributed by atoms with Gasteiger partial charge in [-0.3, -0.25) is 4.98 Å². The van der Waals surface area contributed by atoms with Crippen molar-refractivity contribution in [2.75, 3.05) is 10.6 Å². The lowest BCUT2D eigenvalue weighted by molar-refractivity contribution is 1.05. The van der Waals surface area contributed by atoms with Crippen LogP contribution in [0, 0.1) is 6.92 Å². The molecule has 24 heavy (non-hydrogen) atoms. The van der Waals surface area contributed by atoms with Crippen LogP contribution in [0.2, 0.25) is 10.0 Å². The maximum Gasteiger partial charge on any atom is 0.229 e. The van der Waals surface area contributed by atoms with Crippen molar-refractivity contribution in [3.8, 4) is 0 Å². The van der Waals surface area contributed by atoms with Gasteiger partial charge in [-0.2, -0.15) is 4.98 Å². The van der Waals surface area contributed by atoms with Crippen molar-refractivity contribution in [3.05, 3.63) is 70.1 Å². The number of halogens is 2. The average molecular weight is 360 g/mol. The van der Waals surface area contributed by atoms with Gasteiger partial charge in [0.2, 0.25) is 5.95 Å². The molecule has 2 heterocycles. The quantitative estimate of drug-likeness (QED) is 0.682. The van der Waals surface area contributed by atoms with Crippen molar-refractivity contribution >= 4 is 40.7 Å². The van der Waals surface area contributed by atoms with E-state index < -0.39 is 0 Å². The predicted octanol–water partition coefficient (Wildman–Crippen LogP) is 4.84. The van der Waals surface area contributed by atoms with Crippen molar-refractivity contribution in [3.63, 3.8) is 0 Å². The molecule has 0 aliphatic rings. The van der Waals surface area contributed by atoms with Crippen LogP contribution in [0.15, 0.2) is 48.8 Å². The first-order valence-corrected chi connectivity index (χ1v) is 8.06. The van der Waals surface area contributed by atoms with Gasteiger partial charge in [0.25, 0.3) is 0 Å². The number of aryl methyl sites for hydroxylation is 1. The van der Waals surface area contributed by atoms with Gasteiger partial charge < -0.3 is 10.6 Å². The SMILES string of the molecule is Cc1cc(NCc2ccncc2)nc(Nc2ccc(Cl)c(Cl)c2)n1. The minimum Gasteiger partial charge on any atom is -0.366 e. The summed E-state index contributed by atoms with van der Waals surface area (Å²) < 4.78 is 0. The lowest BCUT2D eigenvalue weighted by Gasteiger charge is -2.10. The van der Waals surface area contributed by atoms with Crippen LogP contribution in [0.5, 0.6) is 0 Å². The van der Waals surface area contributed by atoms with Crippen molar-refractivity contribution in [2.45, 2.75) is 13.5 Å². The molecule has 0 radical (unpaired) electrons. The van der Waals surface area contributed by atoms with Gasteiger partial charge in [-0.1, -0.05) is 23.2 Å². The van der Waals surface area contributed by atoms with Gasteiger partial charge in [0.15, 0.2) is 0 Å². The number of benzene rings is 1. The minimum absolute atomic E-state index is 0.477. The van der Waals surface area contributed by atoms with Crippen molar-refractivity contribution in [1.82, 2.24) is 15.0 Å². The molecule has 2 aromatic heterocycles. The van der Waals surface area contributed by atoms with E-state index in [4.69, 9.17) is 23.2 Å². The number of aromatic nitrogens is 3. The van der Waals surface area contributed by atoms with E-state index >= 15 is 0 Å². The van der Waals surface area contributed by atoms with Gasteiger partial charge in [0.05, 0.1) is 10.0 Å². The fraction of sp³-hybridized carbons (Fsp3) is 0.118. The number of anilines is 3. The summed E-state index contributed by atoms with van der Waals surface area (Å²) in [5.41, 5.74) is 2.75. The second-order valence-corrected chi connectivity index (χ2v) is 6.00. The van der Waals surface area contributed by atoms with Crippen molar-refractivity contribution < 1.29 is 0 Å². The van der Waals surface area contributed by atoms with E-state index in [1.165, 1.54) is 0 Å². The standard InChI is InChI=1S/C17H15Cl2N5/c1-11-8-16(21-10-12-4-6-20-7-5-12)24-17(22-11)23-13-2-3-14(18)15(19)9-13/h2-9H,10H2,1H3,(H2,21,22,23,24). The number of nitrogens with zero attached hydrogens (tertiary/aromatic N) is 3. The Morgan fingerprint density at radius 2 is 1.75 bits per heavy atom. The maximum absolute atomic E-state index is 6.03. The molecular weight excluding hydrogens is 345 g/mol. The zero-order valence-corrected chi connectivity index (χ0v) is 14.4. The topological polar surface area (TPSA) is 62.7 Å². The van der Waals surface area contributed by atoms with Crippen LogP contribution in [0.1, 0.15) is 11.3 Å². The molecule has 0 saturated carbocycles. The second kappa shape index (κ2) is 7.47. The Morgan fingerprint density at radius 1 is 0.958 bits per heavy atom. The Morgan fingerprint density at radius 3 is 2.50 bits per heavy atom. The van der Waals surface area contributed by atoms with Crippen LogP contribution in [0.3, 0.4) is 0 Å². The number of hydrogen-bond acceptors (Lipinski definition) is 5. The highest BCUT2D eigenvalue weighted by molar-refractivity contribution is 6.42. The molecule has 0 atom stereocenters. The summed E-state index contributed by atoms with van der Waals surface area (Å²) in [4.78, 5) is 12.9. The fourth-order valence-corrected chi connectivity index (χ4v) is 2.41. The molecule has 3 aromatic rings. The van der Waals surface area contributed by atoms with E-state index in [9.17, 15) is 0 Å². The van der Waals surface area contributed by atoms with E-state index in [0.717, 1.165) is 22.8 Å². The molecule has 0 saturated heterocycles. The first kappa shape index (κ1) is 16.5. The Kier molecular flexibility index (Phi) is 5.13. The van der Waals surface area contributed by atoms with E-state index in [-0.39, 0.29) is 0 Å². The average Bonchev–Trinajstić information content (AvgIpc) is 2.57. The zero-order valence-electron chi connectivity index (χ0n) is 12.9. The van der Waals surface area contributed by atoms with Gasteiger partial charge in [-0.05, 0) is 42.8 Å². The highest BCUT2D eigenvalue weighted by Gasteiger charge is 2.05. The molecular formula is C17H15Cl2N5. The molecule has 2 N–H and O–H groups in total. The third kappa shape index (κ3) is 4.34.